The van der Waals surface area contributed by atoms with Crippen molar-refractivity contribution in [1.29, 1.82) is 0 Å². The minimum Gasteiger partial charge on any atom is -0.461 e. The van der Waals surface area contributed by atoms with Gasteiger partial charge in [0.05, 0.1) is 12.1 Å². The summed E-state index contributed by atoms with van der Waals surface area (Å²) < 4.78 is 46.8. The molecule has 0 unspecified atom stereocenters. The highest BCUT2D eigenvalue weighted by Gasteiger charge is 2.12. The molecule has 6 nitrogen and oxygen atoms in total. The smallest absolute Gasteiger partial charge is 0.338 e. The van der Waals surface area contributed by atoms with Crippen LogP contribution in [0, 0.1) is 12.4 Å². The molecule has 0 aromatic heterocycles. The van der Waals surface area contributed by atoms with Gasteiger partial charge < -0.3 is 4.74 Å². The Labute approximate surface area is 103 Å². The average Bonchev–Trinajstić information content (AvgIpc) is 2.27. The third-order valence-electron chi connectivity index (χ3n) is 1.88. The fraction of sp³-hybridized carbons (Fsp3) is 0.200. The third kappa shape index (κ3) is 4.12. The summed E-state index contributed by atoms with van der Waals surface area (Å²) in [5.74, 6) is -2.54. The standard InChI is InChI=1S/C10H8FNO5S/c1-12-9-3-2-7(6-8(9)11)10(13)17-4-5-18(14,15)16/h2-3,6H,4-5H2,(H,14,15,16). The highest BCUT2D eigenvalue weighted by Crippen LogP contribution is 2.19. The number of carbonyl (C=O) groups is 1. The van der Waals surface area contributed by atoms with E-state index in [1.54, 1.807) is 0 Å². The monoisotopic (exact) mass is 273 g/mol. The number of ether oxygens (including phenoxy) is 1. The Bertz CT molecular complexity index is 605. The van der Waals surface area contributed by atoms with Gasteiger partial charge in [0.15, 0.2) is 0 Å². The summed E-state index contributed by atoms with van der Waals surface area (Å²) in [5.41, 5.74) is -0.375. The van der Waals surface area contributed by atoms with E-state index < -0.39 is 34.3 Å². The van der Waals surface area contributed by atoms with Crippen LogP contribution >= 0.6 is 0 Å². The van der Waals surface area contributed by atoms with Crippen LogP contribution in [0.1, 0.15) is 10.4 Å². The Morgan fingerprint density at radius 3 is 2.67 bits per heavy atom. The summed E-state index contributed by atoms with van der Waals surface area (Å²) in [4.78, 5) is 14.2. The number of hydrogen-bond donors (Lipinski definition) is 1. The molecule has 0 aliphatic rings. The molecule has 1 N–H and O–H groups in total. The molecule has 96 valence electrons. The highest BCUT2D eigenvalue weighted by molar-refractivity contribution is 7.85. The largest absolute Gasteiger partial charge is 0.461 e. The second-order valence-corrected chi connectivity index (χ2v) is 4.77. The molecule has 8 heteroatoms. The molecule has 0 saturated carbocycles. The van der Waals surface area contributed by atoms with Gasteiger partial charge in [0.25, 0.3) is 10.1 Å². The van der Waals surface area contributed by atoms with Crippen molar-refractivity contribution >= 4 is 21.8 Å². The molecule has 0 heterocycles. The van der Waals surface area contributed by atoms with E-state index >= 15 is 0 Å². The van der Waals surface area contributed by atoms with Crippen molar-refractivity contribution in [2.45, 2.75) is 0 Å². The topological polar surface area (TPSA) is 85.0 Å². The van der Waals surface area contributed by atoms with E-state index in [0.29, 0.717) is 0 Å². The Balaban J connectivity index is 2.69. The number of rotatable bonds is 4. The van der Waals surface area contributed by atoms with E-state index in [2.05, 4.69) is 9.58 Å². The van der Waals surface area contributed by atoms with Gasteiger partial charge in [-0.3, -0.25) is 4.55 Å². The van der Waals surface area contributed by atoms with Crippen molar-refractivity contribution < 1.29 is 26.9 Å². The Morgan fingerprint density at radius 2 is 2.17 bits per heavy atom. The van der Waals surface area contributed by atoms with Crippen molar-refractivity contribution in [2.24, 2.45) is 0 Å². The van der Waals surface area contributed by atoms with Crippen LogP contribution < -0.4 is 0 Å². The van der Waals surface area contributed by atoms with Gasteiger partial charge in [-0.1, -0.05) is 12.1 Å². The first kappa shape index (κ1) is 14.1. The summed E-state index contributed by atoms with van der Waals surface area (Å²) >= 11 is 0. The molecule has 0 atom stereocenters. The molecule has 0 saturated heterocycles. The van der Waals surface area contributed by atoms with E-state index in [9.17, 15) is 17.6 Å². The van der Waals surface area contributed by atoms with Gasteiger partial charge in [0.1, 0.15) is 18.2 Å². The SMILES string of the molecule is [C-]#[N+]c1ccc(C(=O)OCCS(=O)(=O)O)cc1F. The van der Waals surface area contributed by atoms with E-state index in [4.69, 9.17) is 11.1 Å². The molecule has 0 amide bonds. The lowest BCUT2D eigenvalue weighted by Crippen LogP contribution is -2.14. The lowest BCUT2D eigenvalue weighted by atomic mass is 10.2. The first-order valence-electron chi connectivity index (χ1n) is 4.63. The fourth-order valence-electron chi connectivity index (χ4n) is 1.05. The average molecular weight is 273 g/mol. The summed E-state index contributed by atoms with van der Waals surface area (Å²) in [6, 6.07) is 3.12. The zero-order valence-electron chi connectivity index (χ0n) is 8.96. The maximum Gasteiger partial charge on any atom is 0.338 e. The molecule has 0 spiro atoms. The van der Waals surface area contributed by atoms with E-state index in [-0.39, 0.29) is 11.3 Å². The van der Waals surface area contributed by atoms with Crippen molar-refractivity contribution in [1.82, 2.24) is 0 Å². The Morgan fingerprint density at radius 1 is 1.50 bits per heavy atom. The molecular formula is C10H8FNO5S. The van der Waals surface area contributed by atoms with E-state index in [0.717, 1.165) is 12.1 Å². The summed E-state index contributed by atoms with van der Waals surface area (Å²) in [6.07, 6.45) is 0. The van der Waals surface area contributed by atoms with Gasteiger partial charge >= 0.3 is 5.97 Å². The van der Waals surface area contributed by atoms with Crippen LogP contribution in [0.5, 0.6) is 0 Å². The second-order valence-electron chi connectivity index (χ2n) is 3.20. The molecule has 1 aromatic rings. The molecule has 0 radical (unpaired) electrons. The van der Waals surface area contributed by atoms with Crippen molar-refractivity contribution in [2.75, 3.05) is 12.4 Å². The van der Waals surface area contributed by atoms with Gasteiger partial charge in [0.2, 0.25) is 5.69 Å². The molecule has 1 rings (SSSR count). The van der Waals surface area contributed by atoms with Gasteiger partial charge in [-0.05, 0) is 6.07 Å². The number of halogens is 1. The van der Waals surface area contributed by atoms with Crippen LogP contribution in [-0.2, 0) is 14.9 Å². The zero-order valence-corrected chi connectivity index (χ0v) is 9.78. The number of carbonyl (C=O) groups excluding carboxylic acids is 1. The van der Waals surface area contributed by atoms with Gasteiger partial charge in [-0.25, -0.2) is 14.0 Å². The maximum atomic E-state index is 13.2. The molecule has 0 bridgehead atoms. The Hall–Kier alpha value is -1.98. The van der Waals surface area contributed by atoms with Gasteiger partial charge in [0, 0.05) is 0 Å². The van der Waals surface area contributed by atoms with Crippen LogP contribution in [0.2, 0.25) is 0 Å². The van der Waals surface area contributed by atoms with E-state index in [1.165, 1.54) is 6.07 Å². The summed E-state index contributed by atoms with van der Waals surface area (Å²) in [5, 5.41) is 0. The van der Waals surface area contributed by atoms with Crippen molar-refractivity contribution in [3.63, 3.8) is 0 Å². The van der Waals surface area contributed by atoms with Gasteiger partial charge in [-0.2, -0.15) is 8.42 Å². The number of hydrogen-bond acceptors (Lipinski definition) is 4. The summed E-state index contributed by atoms with van der Waals surface area (Å²) in [6.45, 7) is 6.08. The molecule has 0 aliphatic carbocycles. The predicted octanol–water partition coefficient (Wildman–Crippen LogP) is 1.42. The first-order chi connectivity index (χ1) is 8.33. The normalized spacial score (nSPS) is 10.7. The fourth-order valence-corrected chi connectivity index (χ4v) is 1.34. The number of benzene rings is 1. The molecule has 1 aromatic carbocycles. The van der Waals surface area contributed by atoms with Gasteiger partial charge in [-0.15, -0.1) is 0 Å². The van der Waals surface area contributed by atoms with E-state index in [1.807, 2.05) is 0 Å². The maximum absolute atomic E-state index is 13.2. The first-order valence-corrected chi connectivity index (χ1v) is 6.23. The number of nitrogens with zero attached hydrogens (tertiary/aromatic N) is 1. The lowest BCUT2D eigenvalue weighted by molar-refractivity contribution is 0.0528. The molecular weight excluding hydrogens is 265 g/mol. The molecule has 18 heavy (non-hydrogen) atoms. The predicted molar refractivity (Wildman–Crippen MR) is 59.4 cm³/mol. The molecule has 0 aliphatic heterocycles. The van der Waals surface area contributed by atoms with Crippen LogP contribution in [-0.4, -0.2) is 31.3 Å². The van der Waals surface area contributed by atoms with Crippen LogP contribution in [0.4, 0.5) is 10.1 Å². The minimum atomic E-state index is -4.21. The number of esters is 1. The zero-order chi connectivity index (χ0) is 13.8. The highest BCUT2D eigenvalue weighted by atomic mass is 32.2. The third-order valence-corrected chi connectivity index (χ3v) is 2.56. The van der Waals surface area contributed by atoms with Crippen molar-refractivity contribution in [3.8, 4) is 0 Å². The Kier molecular flexibility index (Phi) is 4.36. The van der Waals surface area contributed by atoms with Crippen molar-refractivity contribution in [3.05, 3.63) is 41.0 Å². The quantitative estimate of drug-likeness (QED) is 0.509. The van der Waals surface area contributed by atoms with Crippen LogP contribution in [0.25, 0.3) is 4.85 Å². The second kappa shape index (κ2) is 5.57. The minimum absolute atomic E-state index is 0.143. The lowest BCUT2D eigenvalue weighted by Gasteiger charge is -2.04. The summed E-state index contributed by atoms with van der Waals surface area (Å²) in [7, 11) is -4.21. The van der Waals surface area contributed by atoms with Crippen LogP contribution in [0.3, 0.4) is 0 Å². The molecule has 0 fully saturated rings. The van der Waals surface area contributed by atoms with Crippen LogP contribution in [0.15, 0.2) is 18.2 Å².